The first kappa shape index (κ1) is 20.3. The quantitative estimate of drug-likeness (QED) is 0.502. The Balaban J connectivity index is 1.34. The molecule has 0 radical (unpaired) electrons. The Hall–Kier alpha value is -2.66. The van der Waals surface area contributed by atoms with Gasteiger partial charge in [-0.05, 0) is 67.5 Å². The van der Waals surface area contributed by atoms with Gasteiger partial charge in [0.05, 0.1) is 0 Å². The van der Waals surface area contributed by atoms with Crippen molar-refractivity contribution in [3.8, 4) is 0 Å². The SMILES string of the molecule is O=C(NCc1cccnc1)c1ccc2[nH]c3c(c2c1)CCCC3NC1CCCCCC1. The molecule has 3 aromatic rings. The minimum absolute atomic E-state index is 0.0374. The van der Waals surface area contributed by atoms with Crippen LogP contribution >= 0.6 is 0 Å². The molecule has 2 aliphatic rings. The third-order valence-electron chi connectivity index (χ3n) is 6.94. The average molecular weight is 417 g/mol. The number of hydrogen-bond acceptors (Lipinski definition) is 3. The molecule has 0 aliphatic heterocycles. The van der Waals surface area contributed by atoms with E-state index < -0.39 is 0 Å². The summed E-state index contributed by atoms with van der Waals surface area (Å²) >= 11 is 0. The van der Waals surface area contributed by atoms with E-state index in [4.69, 9.17) is 0 Å². The van der Waals surface area contributed by atoms with Gasteiger partial charge in [0.25, 0.3) is 5.91 Å². The van der Waals surface area contributed by atoms with E-state index in [1.165, 1.54) is 68.0 Å². The summed E-state index contributed by atoms with van der Waals surface area (Å²) in [6, 6.07) is 11.0. The zero-order valence-corrected chi connectivity index (χ0v) is 18.1. The number of aromatic nitrogens is 2. The van der Waals surface area contributed by atoms with Crippen LogP contribution in [-0.2, 0) is 13.0 Å². The summed E-state index contributed by atoms with van der Waals surface area (Å²) in [7, 11) is 0. The summed E-state index contributed by atoms with van der Waals surface area (Å²) < 4.78 is 0. The molecule has 2 aliphatic carbocycles. The maximum absolute atomic E-state index is 12.8. The standard InChI is InChI=1S/C26H32N4O/c31-26(28-17-18-7-6-14-27-16-18)19-12-13-23-22(15-19)21-10-5-11-24(25(21)30-23)29-20-8-3-1-2-4-9-20/h6-7,12-16,20,24,29-30H,1-5,8-11,17H2,(H,28,31). The number of benzene rings is 1. The monoisotopic (exact) mass is 416 g/mol. The van der Waals surface area contributed by atoms with Crippen LogP contribution in [0.25, 0.3) is 10.9 Å². The number of H-pyrrole nitrogens is 1. The van der Waals surface area contributed by atoms with E-state index in [-0.39, 0.29) is 5.91 Å². The van der Waals surface area contributed by atoms with E-state index in [9.17, 15) is 4.79 Å². The fourth-order valence-corrected chi connectivity index (χ4v) is 5.29. The van der Waals surface area contributed by atoms with E-state index in [0.717, 1.165) is 23.1 Å². The van der Waals surface area contributed by atoms with Gasteiger partial charge in [0.1, 0.15) is 0 Å². The van der Waals surface area contributed by atoms with Crippen LogP contribution in [0.3, 0.4) is 0 Å². The molecule has 1 unspecified atom stereocenters. The zero-order chi connectivity index (χ0) is 21.0. The smallest absolute Gasteiger partial charge is 0.251 e. The first-order valence-electron chi connectivity index (χ1n) is 11.9. The van der Waals surface area contributed by atoms with E-state index in [1.807, 2.05) is 18.2 Å². The molecular formula is C26H32N4O. The highest BCUT2D eigenvalue weighted by molar-refractivity contribution is 5.99. The molecule has 1 amide bonds. The van der Waals surface area contributed by atoms with Gasteiger partial charge in [-0.2, -0.15) is 0 Å². The number of hydrogen-bond donors (Lipinski definition) is 3. The van der Waals surface area contributed by atoms with E-state index in [2.05, 4.69) is 32.7 Å². The van der Waals surface area contributed by atoms with Crippen LogP contribution < -0.4 is 10.6 Å². The van der Waals surface area contributed by atoms with Crippen LogP contribution in [0.15, 0.2) is 42.7 Å². The highest BCUT2D eigenvalue weighted by atomic mass is 16.1. The second-order valence-corrected chi connectivity index (χ2v) is 9.12. The lowest BCUT2D eigenvalue weighted by molar-refractivity contribution is 0.0951. The van der Waals surface area contributed by atoms with Gasteiger partial charge >= 0.3 is 0 Å². The fourth-order valence-electron chi connectivity index (χ4n) is 5.29. The second kappa shape index (κ2) is 9.23. The first-order valence-corrected chi connectivity index (χ1v) is 11.9. The molecule has 162 valence electrons. The van der Waals surface area contributed by atoms with Gasteiger partial charge < -0.3 is 15.6 Å². The Morgan fingerprint density at radius 2 is 1.94 bits per heavy atom. The van der Waals surface area contributed by atoms with Gasteiger partial charge in [-0.3, -0.25) is 9.78 Å². The highest BCUT2D eigenvalue weighted by Crippen LogP contribution is 2.36. The van der Waals surface area contributed by atoms with Gasteiger partial charge in [-0.15, -0.1) is 0 Å². The Morgan fingerprint density at radius 3 is 2.74 bits per heavy atom. The number of fused-ring (bicyclic) bond motifs is 3. The molecule has 0 saturated heterocycles. The van der Waals surface area contributed by atoms with Crippen molar-refractivity contribution < 1.29 is 4.79 Å². The molecular weight excluding hydrogens is 384 g/mol. The van der Waals surface area contributed by atoms with E-state index >= 15 is 0 Å². The van der Waals surface area contributed by atoms with Crippen molar-refractivity contribution in [2.75, 3.05) is 0 Å². The normalized spacial score (nSPS) is 19.7. The van der Waals surface area contributed by atoms with Gasteiger partial charge in [0.2, 0.25) is 0 Å². The predicted octanol–water partition coefficient (Wildman–Crippen LogP) is 5.18. The van der Waals surface area contributed by atoms with Crippen LogP contribution in [0.4, 0.5) is 0 Å². The minimum Gasteiger partial charge on any atom is -0.357 e. The van der Waals surface area contributed by atoms with Gasteiger partial charge in [0.15, 0.2) is 0 Å². The number of aryl methyl sites for hydroxylation is 1. The van der Waals surface area contributed by atoms with Crippen molar-refractivity contribution in [3.05, 3.63) is 65.1 Å². The van der Waals surface area contributed by atoms with Crippen LogP contribution in [0, 0.1) is 0 Å². The predicted molar refractivity (Wildman–Crippen MR) is 124 cm³/mol. The van der Waals surface area contributed by atoms with Crippen molar-refractivity contribution in [2.24, 2.45) is 0 Å². The lowest BCUT2D eigenvalue weighted by Gasteiger charge is -2.28. The number of nitrogens with zero attached hydrogens (tertiary/aromatic N) is 1. The summed E-state index contributed by atoms with van der Waals surface area (Å²) in [5.41, 5.74) is 5.61. The van der Waals surface area contributed by atoms with Crippen molar-refractivity contribution >= 4 is 16.8 Å². The molecule has 1 fully saturated rings. The number of rotatable bonds is 5. The van der Waals surface area contributed by atoms with Gasteiger partial charge in [-0.1, -0.05) is 31.7 Å². The summed E-state index contributed by atoms with van der Waals surface area (Å²) in [5.74, 6) is -0.0374. The lowest BCUT2D eigenvalue weighted by Crippen LogP contribution is -2.34. The topological polar surface area (TPSA) is 69.8 Å². The van der Waals surface area contributed by atoms with Crippen LogP contribution in [-0.4, -0.2) is 21.9 Å². The number of carbonyl (C=O) groups is 1. The molecule has 3 N–H and O–H groups in total. The van der Waals surface area contributed by atoms with E-state index in [1.54, 1.807) is 12.4 Å². The molecule has 5 rings (SSSR count). The largest absolute Gasteiger partial charge is 0.357 e. The van der Waals surface area contributed by atoms with Crippen molar-refractivity contribution in [1.82, 2.24) is 20.6 Å². The number of amides is 1. The third kappa shape index (κ3) is 4.52. The molecule has 0 spiro atoms. The van der Waals surface area contributed by atoms with Gasteiger partial charge in [0, 0.05) is 53.2 Å². The molecule has 31 heavy (non-hydrogen) atoms. The Kier molecular flexibility index (Phi) is 6.03. The molecule has 1 aromatic carbocycles. The maximum atomic E-state index is 12.8. The van der Waals surface area contributed by atoms with E-state index in [0.29, 0.717) is 18.6 Å². The van der Waals surface area contributed by atoms with Crippen molar-refractivity contribution in [3.63, 3.8) is 0 Å². The molecule has 2 aromatic heterocycles. The Morgan fingerprint density at radius 1 is 1.06 bits per heavy atom. The zero-order valence-electron chi connectivity index (χ0n) is 18.1. The van der Waals surface area contributed by atoms with Crippen LogP contribution in [0.5, 0.6) is 0 Å². The summed E-state index contributed by atoms with van der Waals surface area (Å²) in [5, 5.41) is 8.20. The summed E-state index contributed by atoms with van der Waals surface area (Å²) in [4.78, 5) is 20.6. The summed E-state index contributed by atoms with van der Waals surface area (Å²) in [6.07, 6.45) is 15.1. The molecule has 1 saturated carbocycles. The van der Waals surface area contributed by atoms with Crippen molar-refractivity contribution in [2.45, 2.75) is 76.4 Å². The Labute approximate surface area is 184 Å². The highest BCUT2D eigenvalue weighted by Gasteiger charge is 2.27. The number of aromatic amines is 1. The summed E-state index contributed by atoms with van der Waals surface area (Å²) in [6.45, 7) is 0.489. The molecule has 5 heteroatoms. The number of nitrogens with one attached hydrogen (secondary N) is 3. The fraction of sp³-hybridized carbons (Fsp3) is 0.462. The second-order valence-electron chi connectivity index (χ2n) is 9.12. The van der Waals surface area contributed by atoms with Crippen LogP contribution in [0.2, 0.25) is 0 Å². The van der Waals surface area contributed by atoms with Gasteiger partial charge in [-0.25, -0.2) is 0 Å². The minimum atomic E-state index is -0.0374. The Bertz CT molecular complexity index is 1030. The third-order valence-corrected chi connectivity index (χ3v) is 6.94. The molecule has 2 heterocycles. The number of pyridine rings is 1. The maximum Gasteiger partial charge on any atom is 0.251 e. The molecule has 0 bridgehead atoms. The number of carbonyl (C=O) groups excluding carboxylic acids is 1. The average Bonchev–Trinajstić information content (AvgIpc) is 2.99. The molecule has 5 nitrogen and oxygen atoms in total. The lowest BCUT2D eigenvalue weighted by atomic mass is 9.90. The van der Waals surface area contributed by atoms with Crippen molar-refractivity contribution in [1.29, 1.82) is 0 Å². The van der Waals surface area contributed by atoms with Crippen LogP contribution in [0.1, 0.15) is 84.6 Å². The molecule has 1 atom stereocenters. The first-order chi connectivity index (χ1) is 15.3.